The molecule has 4 saturated carbocycles. The molecule has 0 aromatic rings. The van der Waals surface area contributed by atoms with Gasteiger partial charge in [0.15, 0.2) is 25.2 Å². The van der Waals surface area contributed by atoms with Crippen molar-refractivity contribution in [3.05, 3.63) is 11.6 Å². The van der Waals surface area contributed by atoms with Crippen LogP contribution in [0.2, 0.25) is 0 Å². The first kappa shape index (κ1) is 54.3. The minimum absolute atomic E-state index is 0.000249. The second-order valence-corrected chi connectivity index (χ2v) is 24.8. The SMILES string of the molecule is C[C@H]1O[C@H](O[C@@H]2[C@@H](O[C@H]3CC[C@@]4(C)[C@@H](CC[C@]5(C)[C@@H]4CC=C4[C@@H]6CC(C)(C)CC[C@]6(C(=O)O)CC[C@]45C)[C@]3(C)CO)OC[C@@H](O)[C@H]2O)[C@@H](O)[C@@H](O[C@H]2OC[C@@H](O[C@H]3OC[C@@H](O)[C@@H](O)[C@@H]3O)[C@@H](O)[C@@H]2O)[C@@H]1O. The van der Waals surface area contributed by atoms with Crippen LogP contribution in [0.15, 0.2) is 11.6 Å². The summed E-state index contributed by atoms with van der Waals surface area (Å²) in [5.41, 5.74) is -0.693. The van der Waals surface area contributed by atoms with Gasteiger partial charge < -0.3 is 94.1 Å². The lowest BCUT2D eigenvalue weighted by Gasteiger charge is -2.71. The van der Waals surface area contributed by atoms with Crippen molar-refractivity contribution in [2.75, 3.05) is 26.4 Å². The van der Waals surface area contributed by atoms with Gasteiger partial charge in [0.1, 0.15) is 73.2 Å². The van der Waals surface area contributed by atoms with Gasteiger partial charge in [0.2, 0.25) is 0 Å². The van der Waals surface area contributed by atoms with Gasteiger partial charge in [-0.3, -0.25) is 4.79 Å². The Balaban J connectivity index is 0.892. The molecule has 4 heterocycles. The van der Waals surface area contributed by atoms with E-state index < -0.39 is 134 Å². The van der Waals surface area contributed by atoms with Crippen molar-refractivity contribution in [3.63, 3.8) is 0 Å². The number of carboxylic acid groups (broad SMARTS) is 1. The van der Waals surface area contributed by atoms with Crippen molar-refractivity contribution in [1.29, 1.82) is 0 Å². The van der Waals surface area contributed by atoms with Crippen molar-refractivity contribution < 1.29 is 98.9 Å². The topological polar surface area (TPSA) is 313 Å². The summed E-state index contributed by atoms with van der Waals surface area (Å²) in [4.78, 5) is 13.2. The third-order valence-corrected chi connectivity index (χ3v) is 20.4. The number of hydrogen-bond acceptors (Lipinski definition) is 19. The van der Waals surface area contributed by atoms with Gasteiger partial charge in [0.05, 0.1) is 44.1 Å². The standard InChI is InChI=1S/C51H82O20/c1-23-32(55)39(70-42-37(60)35(58)28(21-66-42)68-41-36(59)33(56)26(53)19-64-41)38(61)43(67-23)71-40-34(57)27(54)20-65-44(40)69-31-11-12-47(4)29(48(31,5)22-52)10-13-50(7)30(47)9-8-24-25-18-46(2,3)14-16-51(25,45(62)63)17-15-49(24,50)6/h8,23,25-44,52-61H,9-22H2,1-7H3,(H,62,63)/t23-,25+,26-,27-,28-,29-,30-,31+,32-,33-,34-,35-,36+,37+,38+,39+,40+,41-,42-,43-,44-,47+,48+,49-,50-,51+/m1/s1. The fraction of sp³-hybridized carbons (Fsp3) is 0.941. The summed E-state index contributed by atoms with van der Waals surface area (Å²) >= 11 is 0. The second-order valence-electron chi connectivity index (χ2n) is 24.8. The molecule has 0 bridgehead atoms. The van der Waals surface area contributed by atoms with Crippen LogP contribution in [0.3, 0.4) is 0 Å². The molecule has 4 aliphatic heterocycles. The fourth-order valence-corrected chi connectivity index (χ4v) is 15.7. The van der Waals surface area contributed by atoms with E-state index in [1.54, 1.807) is 0 Å². The smallest absolute Gasteiger partial charge is 0.310 e. The zero-order chi connectivity index (χ0) is 51.5. The molecule has 11 N–H and O–H groups in total. The van der Waals surface area contributed by atoms with Crippen molar-refractivity contribution >= 4 is 5.97 Å². The van der Waals surface area contributed by atoms with Crippen LogP contribution in [-0.4, -0.2) is 199 Å². The molecule has 20 nitrogen and oxygen atoms in total. The summed E-state index contributed by atoms with van der Waals surface area (Å²) in [7, 11) is 0. The largest absolute Gasteiger partial charge is 0.481 e. The van der Waals surface area contributed by atoms with E-state index in [0.29, 0.717) is 19.3 Å². The molecule has 9 rings (SSSR count). The van der Waals surface area contributed by atoms with E-state index >= 15 is 0 Å². The molecule has 5 aliphatic carbocycles. The van der Waals surface area contributed by atoms with Gasteiger partial charge in [-0.2, -0.15) is 0 Å². The molecule has 4 saturated heterocycles. The van der Waals surface area contributed by atoms with Gasteiger partial charge in [0, 0.05) is 5.41 Å². The average molecular weight is 1020 g/mol. The van der Waals surface area contributed by atoms with E-state index in [4.69, 9.17) is 37.9 Å². The number of aliphatic hydroxyl groups excluding tert-OH is 10. The molecule has 9 aliphatic rings. The van der Waals surface area contributed by atoms with Gasteiger partial charge >= 0.3 is 5.97 Å². The summed E-state index contributed by atoms with van der Waals surface area (Å²) < 4.78 is 47.5. The molecule has 20 heteroatoms. The molecule has 0 aromatic heterocycles. The maximum Gasteiger partial charge on any atom is 0.310 e. The zero-order valence-corrected chi connectivity index (χ0v) is 42.2. The highest BCUT2D eigenvalue weighted by Crippen LogP contribution is 2.76. The number of fused-ring (bicyclic) bond motifs is 7. The van der Waals surface area contributed by atoms with E-state index in [-0.39, 0.29) is 59.2 Å². The van der Waals surface area contributed by atoms with Gasteiger partial charge in [0.25, 0.3) is 0 Å². The lowest BCUT2D eigenvalue weighted by Crippen LogP contribution is -2.67. The van der Waals surface area contributed by atoms with E-state index in [9.17, 15) is 61.0 Å². The number of aliphatic carboxylic acids is 1. The quantitative estimate of drug-likeness (QED) is 0.105. The first-order valence-corrected chi connectivity index (χ1v) is 26.1. The summed E-state index contributed by atoms with van der Waals surface area (Å²) in [6.07, 6.45) is -16.4. The Hall–Kier alpha value is -1.51. The minimum atomic E-state index is -1.83. The molecule has 0 radical (unpaired) electrons. The molecular formula is C51H82O20. The van der Waals surface area contributed by atoms with E-state index in [1.807, 2.05) is 6.92 Å². The molecule has 0 unspecified atom stereocenters. The number of aliphatic hydroxyl groups is 10. The van der Waals surface area contributed by atoms with Crippen LogP contribution in [0.1, 0.15) is 113 Å². The van der Waals surface area contributed by atoms with Crippen molar-refractivity contribution in [3.8, 4) is 0 Å². The number of hydrogen-bond donors (Lipinski definition) is 11. The number of carboxylic acids is 1. The van der Waals surface area contributed by atoms with Crippen LogP contribution in [0.5, 0.6) is 0 Å². The average Bonchev–Trinajstić information content (AvgIpc) is 3.32. The third-order valence-electron chi connectivity index (χ3n) is 20.4. The molecule has 26 atom stereocenters. The Kier molecular flexibility index (Phi) is 14.9. The Morgan fingerprint density at radius 3 is 1.94 bits per heavy atom. The summed E-state index contributed by atoms with van der Waals surface area (Å²) in [5, 5.41) is 120. The number of rotatable bonds is 10. The van der Waals surface area contributed by atoms with Crippen LogP contribution in [0, 0.1) is 50.2 Å². The summed E-state index contributed by atoms with van der Waals surface area (Å²) in [6, 6.07) is 0. The van der Waals surface area contributed by atoms with Crippen molar-refractivity contribution in [1.82, 2.24) is 0 Å². The summed E-state index contributed by atoms with van der Waals surface area (Å²) in [5.74, 6) is -0.434. The number of allylic oxidation sites excluding steroid dienone is 2. The maximum atomic E-state index is 13.2. The minimum Gasteiger partial charge on any atom is -0.481 e. The Morgan fingerprint density at radius 2 is 1.25 bits per heavy atom. The van der Waals surface area contributed by atoms with Gasteiger partial charge in [-0.25, -0.2) is 0 Å². The molecule has 406 valence electrons. The summed E-state index contributed by atoms with van der Waals surface area (Å²) in [6.45, 7) is 14.0. The van der Waals surface area contributed by atoms with E-state index in [1.165, 1.54) is 12.5 Å². The highest BCUT2D eigenvalue weighted by atomic mass is 16.8. The highest BCUT2D eigenvalue weighted by molar-refractivity contribution is 5.76. The van der Waals surface area contributed by atoms with Crippen LogP contribution in [-0.2, 0) is 42.7 Å². The normalized spacial score (nSPS) is 55.2. The molecule has 0 spiro atoms. The predicted molar refractivity (Wildman–Crippen MR) is 245 cm³/mol. The third kappa shape index (κ3) is 8.80. The molecule has 71 heavy (non-hydrogen) atoms. The van der Waals surface area contributed by atoms with Crippen LogP contribution < -0.4 is 0 Å². The number of ether oxygens (including phenoxy) is 8. The second kappa shape index (κ2) is 19.5. The maximum absolute atomic E-state index is 13.2. The monoisotopic (exact) mass is 1010 g/mol. The van der Waals surface area contributed by atoms with E-state index in [2.05, 4.69) is 40.7 Å². The van der Waals surface area contributed by atoms with Crippen molar-refractivity contribution in [2.45, 2.75) is 223 Å². The lowest BCUT2D eigenvalue weighted by atomic mass is 9.33. The highest BCUT2D eigenvalue weighted by Gasteiger charge is 2.70. The first-order valence-electron chi connectivity index (χ1n) is 26.1. The van der Waals surface area contributed by atoms with Gasteiger partial charge in [-0.15, -0.1) is 0 Å². The van der Waals surface area contributed by atoms with Crippen LogP contribution in [0.4, 0.5) is 0 Å². The first-order chi connectivity index (χ1) is 33.3. The van der Waals surface area contributed by atoms with E-state index in [0.717, 1.165) is 44.9 Å². The Bertz CT molecular complexity index is 1960. The molecule has 8 fully saturated rings. The Labute approximate surface area is 415 Å². The fourth-order valence-electron chi connectivity index (χ4n) is 15.7. The van der Waals surface area contributed by atoms with Crippen LogP contribution >= 0.6 is 0 Å². The lowest BCUT2D eigenvalue weighted by molar-refractivity contribution is -0.382. The molecule has 0 amide bonds. The van der Waals surface area contributed by atoms with Gasteiger partial charge in [-0.05, 0) is 111 Å². The Morgan fingerprint density at radius 1 is 0.634 bits per heavy atom. The van der Waals surface area contributed by atoms with Crippen LogP contribution in [0.25, 0.3) is 0 Å². The van der Waals surface area contributed by atoms with Gasteiger partial charge in [-0.1, -0.05) is 53.2 Å². The predicted octanol–water partition coefficient (Wildman–Crippen LogP) is 0.448. The van der Waals surface area contributed by atoms with Crippen molar-refractivity contribution in [2.24, 2.45) is 50.2 Å². The number of carbonyl (C=O) groups is 1. The molecular weight excluding hydrogens is 933 g/mol. The molecule has 0 aromatic carbocycles. The zero-order valence-electron chi connectivity index (χ0n) is 42.2.